The van der Waals surface area contributed by atoms with Gasteiger partial charge in [0.15, 0.2) is 0 Å². The molecule has 0 aliphatic rings. The predicted octanol–water partition coefficient (Wildman–Crippen LogP) is 7.10. The molecule has 4 aromatic rings. The van der Waals surface area contributed by atoms with E-state index >= 15 is 0 Å². The van der Waals surface area contributed by atoms with Crippen molar-refractivity contribution in [2.24, 2.45) is 0 Å². The molecule has 0 aliphatic carbocycles. The lowest BCUT2D eigenvalue weighted by atomic mass is 10.0. The smallest absolute Gasteiger partial charge is 0.339 e. The predicted molar refractivity (Wildman–Crippen MR) is 151 cm³/mol. The van der Waals surface area contributed by atoms with Crippen LogP contribution in [0.25, 0.3) is 22.4 Å². The van der Waals surface area contributed by atoms with Gasteiger partial charge in [-0.25, -0.2) is 9.78 Å². The lowest BCUT2D eigenvalue weighted by molar-refractivity contribution is 0.0601. The number of aromatic amines is 1. The number of halogens is 1. The average molecular weight is 566 g/mol. The first-order valence-electron chi connectivity index (χ1n) is 12.2. The Morgan fingerprint density at radius 2 is 1.81 bits per heavy atom. The maximum atomic E-state index is 12.4. The van der Waals surface area contributed by atoms with Crippen molar-refractivity contribution in [2.75, 3.05) is 33.3 Å². The zero-order chi connectivity index (χ0) is 26.5. The van der Waals surface area contributed by atoms with Gasteiger partial charge < -0.3 is 24.5 Å². The van der Waals surface area contributed by atoms with Crippen LogP contribution >= 0.6 is 15.9 Å². The van der Waals surface area contributed by atoms with Gasteiger partial charge in [-0.2, -0.15) is 0 Å². The van der Waals surface area contributed by atoms with E-state index in [0.29, 0.717) is 35.9 Å². The number of H-pyrrole nitrogens is 1. The monoisotopic (exact) mass is 565 g/mol. The molecule has 0 fully saturated rings. The Hall–Kier alpha value is -3.36. The fraction of sp³-hybridized carbons (Fsp3) is 0.310. The van der Waals surface area contributed by atoms with E-state index in [2.05, 4.69) is 64.3 Å². The van der Waals surface area contributed by atoms with Crippen LogP contribution in [0.2, 0.25) is 0 Å². The van der Waals surface area contributed by atoms with Crippen molar-refractivity contribution in [1.29, 1.82) is 0 Å². The number of carbonyl (C=O) groups is 1. The number of fused-ring (bicyclic) bond motifs is 1. The summed E-state index contributed by atoms with van der Waals surface area (Å²) in [4.78, 5) is 20.8. The molecule has 3 aromatic carbocycles. The summed E-state index contributed by atoms with van der Waals surface area (Å²) in [7, 11) is 4.69. The van der Waals surface area contributed by atoms with Crippen LogP contribution in [0.3, 0.4) is 0 Å². The van der Waals surface area contributed by atoms with E-state index in [4.69, 9.17) is 19.2 Å². The van der Waals surface area contributed by atoms with Crippen LogP contribution in [0, 0.1) is 0 Å². The van der Waals surface area contributed by atoms with Crippen molar-refractivity contribution in [3.63, 3.8) is 0 Å². The van der Waals surface area contributed by atoms with Crippen molar-refractivity contribution < 1.29 is 19.0 Å². The Balaban J connectivity index is 1.79. The molecule has 2 N–H and O–H groups in total. The molecule has 0 saturated heterocycles. The van der Waals surface area contributed by atoms with Crippen LogP contribution in [0.1, 0.15) is 53.7 Å². The summed E-state index contributed by atoms with van der Waals surface area (Å²) in [6, 6.07) is 17.5. The first-order valence-corrected chi connectivity index (χ1v) is 13.0. The lowest BCUT2D eigenvalue weighted by Gasteiger charge is -2.23. The number of imidazole rings is 1. The number of benzene rings is 3. The van der Waals surface area contributed by atoms with Gasteiger partial charge in [0.05, 0.1) is 30.3 Å². The topological polar surface area (TPSA) is 85.5 Å². The van der Waals surface area contributed by atoms with Crippen LogP contribution < -0.4 is 10.1 Å². The molecule has 37 heavy (non-hydrogen) atoms. The summed E-state index contributed by atoms with van der Waals surface area (Å²) in [5, 5.41) is 3.52. The van der Waals surface area contributed by atoms with Crippen LogP contribution in [0.15, 0.2) is 59.1 Å². The SMILES string of the molecule is COCCC(Nc1ccccc1C(=O)OC)c1cc(OC)c2[nH]c(-c3ccc(C(C)C)cc3)nc2c1Br. The highest BCUT2D eigenvalue weighted by atomic mass is 79.9. The normalized spacial score (nSPS) is 12.1. The third-order valence-electron chi connectivity index (χ3n) is 6.42. The fourth-order valence-electron chi connectivity index (χ4n) is 4.33. The molecule has 1 atom stereocenters. The molecule has 8 heteroatoms. The van der Waals surface area contributed by atoms with Gasteiger partial charge in [-0.05, 0) is 57.6 Å². The summed E-state index contributed by atoms with van der Waals surface area (Å²) in [6.45, 7) is 4.87. The highest BCUT2D eigenvalue weighted by Gasteiger charge is 2.23. The second kappa shape index (κ2) is 11.8. The van der Waals surface area contributed by atoms with Crippen molar-refractivity contribution in [2.45, 2.75) is 32.2 Å². The van der Waals surface area contributed by atoms with Gasteiger partial charge in [0.1, 0.15) is 22.6 Å². The van der Waals surface area contributed by atoms with Crippen molar-refractivity contribution in [3.05, 3.63) is 75.8 Å². The third kappa shape index (κ3) is 5.65. The summed E-state index contributed by atoms with van der Waals surface area (Å²) in [5.41, 5.74) is 5.92. The maximum absolute atomic E-state index is 12.4. The number of para-hydroxylation sites is 1. The molecule has 7 nitrogen and oxygen atoms in total. The highest BCUT2D eigenvalue weighted by Crippen LogP contribution is 2.40. The largest absolute Gasteiger partial charge is 0.494 e. The van der Waals surface area contributed by atoms with E-state index in [9.17, 15) is 4.79 Å². The molecule has 4 rings (SSSR count). The van der Waals surface area contributed by atoms with E-state index in [1.165, 1.54) is 12.7 Å². The van der Waals surface area contributed by atoms with Gasteiger partial charge in [-0.3, -0.25) is 0 Å². The molecule has 0 bridgehead atoms. The number of methoxy groups -OCH3 is 3. The van der Waals surface area contributed by atoms with Crippen molar-refractivity contribution in [3.8, 4) is 17.1 Å². The van der Waals surface area contributed by atoms with E-state index in [1.807, 2.05) is 24.3 Å². The first kappa shape index (κ1) is 26.7. The minimum absolute atomic E-state index is 0.205. The van der Waals surface area contributed by atoms with E-state index in [0.717, 1.165) is 32.5 Å². The van der Waals surface area contributed by atoms with E-state index < -0.39 is 5.97 Å². The molecule has 0 aliphatic heterocycles. The Kier molecular flexibility index (Phi) is 8.51. The van der Waals surface area contributed by atoms with Crippen molar-refractivity contribution >= 4 is 38.6 Å². The van der Waals surface area contributed by atoms with Crippen LogP contribution in [0.5, 0.6) is 5.75 Å². The number of rotatable bonds is 10. The molecule has 0 radical (unpaired) electrons. The third-order valence-corrected chi connectivity index (χ3v) is 7.25. The summed E-state index contributed by atoms with van der Waals surface area (Å²) in [6.07, 6.45) is 0.646. The zero-order valence-corrected chi connectivity index (χ0v) is 23.3. The molecule has 1 heterocycles. The molecular weight excluding hydrogens is 534 g/mol. The number of esters is 1. The molecular formula is C29H32BrN3O4. The Labute approximate surface area is 225 Å². The minimum Gasteiger partial charge on any atom is -0.494 e. The average Bonchev–Trinajstić information content (AvgIpc) is 3.37. The number of carbonyl (C=O) groups excluding carboxylic acids is 1. The second-order valence-electron chi connectivity index (χ2n) is 9.08. The number of nitrogens with one attached hydrogen (secondary N) is 2. The molecule has 194 valence electrons. The van der Waals surface area contributed by atoms with Gasteiger partial charge in [-0.1, -0.05) is 50.2 Å². The first-order chi connectivity index (χ1) is 17.9. The van der Waals surface area contributed by atoms with Gasteiger partial charge in [0.2, 0.25) is 0 Å². The summed E-state index contributed by atoms with van der Waals surface area (Å²) < 4.78 is 17.0. The second-order valence-corrected chi connectivity index (χ2v) is 9.88. The molecule has 0 saturated carbocycles. The van der Waals surface area contributed by atoms with Gasteiger partial charge in [0.25, 0.3) is 0 Å². The maximum Gasteiger partial charge on any atom is 0.339 e. The number of hydrogen-bond donors (Lipinski definition) is 2. The van der Waals surface area contributed by atoms with Gasteiger partial charge in [0, 0.05) is 25.0 Å². The molecule has 0 spiro atoms. The number of ether oxygens (including phenoxy) is 3. The van der Waals surface area contributed by atoms with Gasteiger partial charge >= 0.3 is 5.97 Å². The molecule has 1 unspecified atom stereocenters. The Bertz CT molecular complexity index is 1380. The quantitative estimate of drug-likeness (QED) is 0.199. The Morgan fingerprint density at radius 1 is 1.08 bits per heavy atom. The molecule has 1 aromatic heterocycles. The highest BCUT2D eigenvalue weighted by molar-refractivity contribution is 9.10. The van der Waals surface area contributed by atoms with E-state index in [-0.39, 0.29) is 6.04 Å². The van der Waals surface area contributed by atoms with E-state index in [1.54, 1.807) is 20.3 Å². The number of nitrogens with zero attached hydrogens (tertiary/aromatic N) is 1. The Morgan fingerprint density at radius 3 is 2.46 bits per heavy atom. The minimum atomic E-state index is -0.402. The fourth-order valence-corrected chi connectivity index (χ4v) is 5.00. The zero-order valence-electron chi connectivity index (χ0n) is 21.7. The summed E-state index contributed by atoms with van der Waals surface area (Å²) >= 11 is 3.82. The van der Waals surface area contributed by atoms with Gasteiger partial charge in [-0.15, -0.1) is 0 Å². The lowest BCUT2D eigenvalue weighted by Crippen LogP contribution is -2.16. The number of anilines is 1. The summed E-state index contributed by atoms with van der Waals surface area (Å²) in [5.74, 6) is 1.50. The van der Waals surface area contributed by atoms with Crippen LogP contribution in [-0.4, -0.2) is 43.9 Å². The van der Waals surface area contributed by atoms with Crippen molar-refractivity contribution in [1.82, 2.24) is 9.97 Å². The standard InChI is InChI=1S/C29H32BrN3O4/c1-17(2)18-10-12-19(13-11-18)28-32-26-24(36-4)16-21(25(30)27(26)33-28)23(14-15-35-3)31-22-9-7-6-8-20(22)29(34)37-5/h6-13,16-17,23,31H,14-15H2,1-5H3,(H,32,33). The van der Waals surface area contributed by atoms with Crippen LogP contribution in [-0.2, 0) is 9.47 Å². The number of hydrogen-bond acceptors (Lipinski definition) is 6. The molecule has 0 amide bonds. The number of aromatic nitrogens is 2. The van der Waals surface area contributed by atoms with Crippen LogP contribution in [0.4, 0.5) is 5.69 Å².